The lowest BCUT2D eigenvalue weighted by Gasteiger charge is -2.25. The lowest BCUT2D eigenvalue weighted by atomic mass is 10.0. The van der Waals surface area contributed by atoms with Crippen molar-refractivity contribution in [2.45, 2.75) is 39.3 Å². The van der Waals surface area contributed by atoms with Gasteiger partial charge in [-0.15, -0.1) is 0 Å². The minimum Gasteiger partial charge on any atom is -0.354 e. The summed E-state index contributed by atoms with van der Waals surface area (Å²) in [6.07, 6.45) is 1.42. The average molecular weight is 404 g/mol. The molecule has 3 aromatic rings. The Morgan fingerprint density at radius 1 is 1.20 bits per heavy atom. The smallest absolute Gasteiger partial charge is 0.262 e. The number of aryl methyl sites for hydroxylation is 2. The third-order valence-corrected chi connectivity index (χ3v) is 5.48. The van der Waals surface area contributed by atoms with Gasteiger partial charge < -0.3 is 10.6 Å². The molecule has 1 fully saturated rings. The minimum absolute atomic E-state index is 0.155. The molecule has 2 N–H and O–H groups in total. The maximum atomic E-state index is 13.4. The van der Waals surface area contributed by atoms with Gasteiger partial charge in [0, 0.05) is 18.7 Å². The van der Waals surface area contributed by atoms with Crippen LogP contribution in [0.5, 0.6) is 0 Å². The van der Waals surface area contributed by atoms with Gasteiger partial charge in [-0.2, -0.15) is 0 Å². The second-order valence-electron chi connectivity index (χ2n) is 7.65. The van der Waals surface area contributed by atoms with E-state index in [1.54, 1.807) is 19.1 Å². The average Bonchev–Trinajstić information content (AvgIpc) is 2.73. The highest BCUT2D eigenvalue weighted by atomic mass is 16.2. The van der Waals surface area contributed by atoms with Crippen LogP contribution in [-0.2, 0) is 11.3 Å². The molecular weight excluding hydrogens is 380 g/mol. The summed E-state index contributed by atoms with van der Waals surface area (Å²) < 4.78 is 1.49. The molecule has 7 nitrogen and oxygen atoms in total. The fourth-order valence-corrected chi connectivity index (χ4v) is 4.00. The maximum Gasteiger partial charge on any atom is 0.262 e. The molecule has 1 aromatic heterocycles. The number of aromatic nitrogens is 2. The number of amides is 2. The zero-order valence-corrected chi connectivity index (χ0v) is 17.1. The normalized spacial score (nSPS) is 16.3. The van der Waals surface area contributed by atoms with E-state index in [0.29, 0.717) is 40.8 Å². The van der Waals surface area contributed by atoms with Crippen LogP contribution in [0.3, 0.4) is 0 Å². The quantitative estimate of drug-likeness (QED) is 0.698. The maximum absolute atomic E-state index is 13.4. The van der Waals surface area contributed by atoms with Crippen LogP contribution in [0.4, 0.5) is 0 Å². The van der Waals surface area contributed by atoms with Crippen molar-refractivity contribution in [1.29, 1.82) is 0 Å². The molecule has 154 valence electrons. The molecule has 0 aliphatic carbocycles. The van der Waals surface area contributed by atoms with Gasteiger partial charge in [0.25, 0.3) is 11.5 Å². The SMILES string of the molecule is Cc1cccc(C(=O)NCc2cccc3nc(C)n(C4CCCNC4=O)c(=O)c23)c1. The number of nitrogens with one attached hydrogen (secondary N) is 2. The van der Waals surface area contributed by atoms with Crippen LogP contribution < -0.4 is 16.2 Å². The largest absolute Gasteiger partial charge is 0.354 e. The summed E-state index contributed by atoms with van der Waals surface area (Å²) in [4.78, 5) is 42.9. The first-order valence-corrected chi connectivity index (χ1v) is 10.1. The van der Waals surface area contributed by atoms with Crippen molar-refractivity contribution in [2.24, 2.45) is 0 Å². The molecule has 2 aromatic carbocycles. The van der Waals surface area contributed by atoms with Crippen molar-refractivity contribution < 1.29 is 9.59 Å². The molecule has 0 radical (unpaired) electrons. The van der Waals surface area contributed by atoms with E-state index in [1.165, 1.54) is 4.57 Å². The number of fused-ring (bicyclic) bond motifs is 1. The van der Waals surface area contributed by atoms with Crippen molar-refractivity contribution in [3.8, 4) is 0 Å². The van der Waals surface area contributed by atoms with Crippen LogP contribution in [0.2, 0.25) is 0 Å². The van der Waals surface area contributed by atoms with Gasteiger partial charge in [-0.3, -0.25) is 19.0 Å². The first kappa shape index (κ1) is 19.8. The van der Waals surface area contributed by atoms with Crippen LogP contribution in [0.25, 0.3) is 10.9 Å². The Hall–Kier alpha value is -3.48. The van der Waals surface area contributed by atoms with E-state index in [0.717, 1.165) is 12.0 Å². The summed E-state index contributed by atoms with van der Waals surface area (Å²) in [6, 6.07) is 12.2. The van der Waals surface area contributed by atoms with Gasteiger partial charge >= 0.3 is 0 Å². The van der Waals surface area contributed by atoms with Crippen molar-refractivity contribution in [3.63, 3.8) is 0 Å². The zero-order valence-electron chi connectivity index (χ0n) is 17.1. The number of hydrogen-bond acceptors (Lipinski definition) is 4. The number of carbonyl (C=O) groups excluding carboxylic acids is 2. The Morgan fingerprint density at radius 2 is 2.00 bits per heavy atom. The van der Waals surface area contributed by atoms with Crippen LogP contribution in [-0.4, -0.2) is 27.9 Å². The molecule has 0 saturated carbocycles. The second-order valence-corrected chi connectivity index (χ2v) is 7.65. The van der Waals surface area contributed by atoms with Gasteiger partial charge in [-0.25, -0.2) is 4.98 Å². The fraction of sp³-hybridized carbons (Fsp3) is 0.304. The summed E-state index contributed by atoms with van der Waals surface area (Å²) in [6.45, 7) is 4.50. The highest BCUT2D eigenvalue weighted by Crippen LogP contribution is 2.21. The molecule has 4 rings (SSSR count). The third kappa shape index (κ3) is 3.70. The molecule has 30 heavy (non-hydrogen) atoms. The van der Waals surface area contributed by atoms with Crippen molar-refractivity contribution >= 4 is 22.7 Å². The van der Waals surface area contributed by atoms with Crippen LogP contribution in [0.1, 0.15) is 46.2 Å². The Balaban J connectivity index is 1.70. The van der Waals surface area contributed by atoms with Crippen LogP contribution >= 0.6 is 0 Å². The first-order chi connectivity index (χ1) is 14.5. The molecular formula is C23H24N4O3. The van der Waals surface area contributed by atoms with Crippen molar-refractivity contribution in [2.75, 3.05) is 6.54 Å². The number of carbonyl (C=O) groups is 2. The molecule has 2 heterocycles. The molecule has 1 unspecified atom stereocenters. The Morgan fingerprint density at radius 3 is 2.77 bits per heavy atom. The molecule has 2 amide bonds. The van der Waals surface area contributed by atoms with E-state index in [9.17, 15) is 14.4 Å². The van der Waals surface area contributed by atoms with Crippen molar-refractivity contribution in [3.05, 3.63) is 75.3 Å². The lowest BCUT2D eigenvalue weighted by Crippen LogP contribution is -2.42. The van der Waals surface area contributed by atoms with E-state index < -0.39 is 6.04 Å². The van der Waals surface area contributed by atoms with Gasteiger partial charge in [-0.1, -0.05) is 29.8 Å². The van der Waals surface area contributed by atoms with Gasteiger partial charge in [0.1, 0.15) is 11.9 Å². The number of rotatable bonds is 4. The van der Waals surface area contributed by atoms with E-state index in [-0.39, 0.29) is 23.9 Å². The first-order valence-electron chi connectivity index (χ1n) is 10.1. The number of nitrogens with zero attached hydrogens (tertiary/aromatic N) is 2. The third-order valence-electron chi connectivity index (χ3n) is 5.48. The van der Waals surface area contributed by atoms with E-state index in [1.807, 2.05) is 37.3 Å². The number of benzene rings is 2. The summed E-state index contributed by atoms with van der Waals surface area (Å²) in [5.74, 6) is 0.149. The number of hydrogen-bond donors (Lipinski definition) is 2. The molecule has 1 atom stereocenters. The Labute approximate surface area is 174 Å². The molecule has 1 saturated heterocycles. The van der Waals surface area contributed by atoms with Crippen LogP contribution in [0.15, 0.2) is 47.3 Å². The lowest BCUT2D eigenvalue weighted by molar-refractivity contribution is -0.126. The molecule has 0 bridgehead atoms. The Kier molecular flexibility index (Phi) is 5.35. The minimum atomic E-state index is -0.557. The highest BCUT2D eigenvalue weighted by molar-refractivity contribution is 5.94. The predicted octanol–water partition coefficient (Wildman–Crippen LogP) is 2.39. The van der Waals surface area contributed by atoms with E-state index in [4.69, 9.17) is 0 Å². The van der Waals surface area contributed by atoms with Crippen molar-refractivity contribution in [1.82, 2.24) is 20.2 Å². The van der Waals surface area contributed by atoms with Gasteiger partial charge in [0.2, 0.25) is 5.91 Å². The standard InChI is InChI=1S/C23H24N4O3/c1-14-6-3-7-16(12-14)21(28)25-13-17-8-4-9-18-20(17)23(30)27(15(2)26-18)19-10-5-11-24-22(19)29/h3-4,6-9,12,19H,5,10-11,13H2,1-2H3,(H,24,29)(H,25,28). The van der Waals surface area contributed by atoms with Crippen LogP contribution in [0, 0.1) is 13.8 Å². The predicted molar refractivity (Wildman–Crippen MR) is 114 cm³/mol. The Bertz CT molecular complexity index is 1200. The second kappa shape index (κ2) is 8.10. The zero-order chi connectivity index (χ0) is 21.3. The molecule has 1 aliphatic rings. The van der Waals surface area contributed by atoms with Gasteiger partial charge in [0.15, 0.2) is 0 Å². The number of piperidine rings is 1. The van der Waals surface area contributed by atoms with Gasteiger partial charge in [-0.05, 0) is 50.5 Å². The molecule has 1 aliphatic heterocycles. The summed E-state index contributed by atoms with van der Waals surface area (Å²) in [7, 11) is 0. The molecule has 7 heteroatoms. The fourth-order valence-electron chi connectivity index (χ4n) is 4.00. The summed E-state index contributed by atoms with van der Waals surface area (Å²) in [5, 5.41) is 6.15. The van der Waals surface area contributed by atoms with Gasteiger partial charge in [0.05, 0.1) is 10.9 Å². The molecule has 0 spiro atoms. The summed E-state index contributed by atoms with van der Waals surface area (Å²) in [5.41, 5.74) is 2.56. The highest BCUT2D eigenvalue weighted by Gasteiger charge is 2.27. The summed E-state index contributed by atoms with van der Waals surface area (Å²) >= 11 is 0. The monoisotopic (exact) mass is 404 g/mol. The topological polar surface area (TPSA) is 93.1 Å². The van der Waals surface area contributed by atoms with E-state index in [2.05, 4.69) is 15.6 Å². The van der Waals surface area contributed by atoms with E-state index >= 15 is 0 Å².